The largest absolute Gasteiger partial charge is 0.347 e. The topological polar surface area (TPSA) is 78.1 Å². The fourth-order valence-corrected chi connectivity index (χ4v) is 7.21. The van der Waals surface area contributed by atoms with Gasteiger partial charge in [-0.15, -0.1) is 0 Å². The molecule has 2 N–H and O–H groups in total. The van der Waals surface area contributed by atoms with Crippen molar-refractivity contribution >= 4 is 28.4 Å². The molecule has 0 aromatic carbocycles. The van der Waals surface area contributed by atoms with E-state index in [0.717, 1.165) is 54.5 Å². The molecule has 4 bridgehead atoms. The fraction of sp³-hybridized carbons (Fsp3) is 0.560. The Kier molecular flexibility index (Phi) is 4.44. The molecule has 162 valence electrons. The molecular formula is C25H30N4O2. The molecule has 7 rings (SSSR count). The molecule has 0 spiro atoms. The summed E-state index contributed by atoms with van der Waals surface area (Å²) in [5.74, 6) is 2.36. The van der Waals surface area contributed by atoms with Crippen LogP contribution in [0.2, 0.25) is 0 Å². The van der Waals surface area contributed by atoms with Gasteiger partial charge in [0.05, 0.1) is 6.54 Å². The summed E-state index contributed by atoms with van der Waals surface area (Å²) in [4.78, 5) is 35.4. The van der Waals surface area contributed by atoms with Crippen molar-refractivity contribution in [2.75, 3.05) is 19.6 Å². The summed E-state index contributed by atoms with van der Waals surface area (Å²) < 4.78 is 0. The number of H-pyrrole nitrogens is 1. The van der Waals surface area contributed by atoms with Gasteiger partial charge in [0.1, 0.15) is 5.65 Å². The van der Waals surface area contributed by atoms with Gasteiger partial charge in [0.15, 0.2) is 0 Å². The number of carbonyl (C=O) groups is 2. The zero-order valence-corrected chi connectivity index (χ0v) is 17.9. The predicted octanol–water partition coefficient (Wildman–Crippen LogP) is 3.51. The molecule has 2 aromatic heterocycles. The summed E-state index contributed by atoms with van der Waals surface area (Å²) in [6.45, 7) is 1.40. The molecule has 6 heteroatoms. The Labute approximate surface area is 182 Å². The van der Waals surface area contributed by atoms with Gasteiger partial charge in [-0.3, -0.25) is 9.59 Å². The Morgan fingerprint density at radius 1 is 1.16 bits per heavy atom. The summed E-state index contributed by atoms with van der Waals surface area (Å²) in [5, 5.41) is 4.16. The normalized spacial score (nSPS) is 31.7. The SMILES string of the molecule is O=C(CNC(=O)C12CC3CC(CC(C3)C1)C2)N1CC=C(c2c[nH]c3ncccc23)CC1. The van der Waals surface area contributed by atoms with E-state index in [0.29, 0.717) is 13.1 Å². The second-order valence-corrected chi connectivity index (χ2v) is 10.3. The van der Waals surface area contributed by atoms with Crippen LogP contribution in [0.3, 0.4) is 0 Å². The Morgan fingerprint density at radius 3 is 2.58 bits per heavy atom. The molecule has 4 fully saturated rings. The van der Waals surface area contributed by atoms with E-state index in [2.05, 4.69) is 27.4 Å². The first-order chi connectivity index (χ1) is 15.1. The quantitative estimate of drug-likeness (QED) is 0.798. The van der Waals surface area contributed by atoms with Crippen LogP contribution >= 0.6 is 0 Å². The van der Waals surface area contributed by atoms with Gasteiger partial charge in [-0.05, 0) is 80.4 Å². The van der Waals surface area contributed by atoms with Crippen molar-refractivity contribution in [2.45, 2.75) is 44.9 Å². The van der Waals surface area contributed by atoms with Crippen LogP contribution in [0.1, 0.15) is 50.5 Å². The molecule has 0 radical (unpaired) electrons. The summed E-state index contributed by atoms with van der Waals surface area (Å²) in [5.41, 5.74) is 3.13. The van der Waals surface area contributed by atoms with Crippen LogP contribution in [-0.4, -0.2) is 46.3 Å². The van der Waals surface area contributed by atoms with Crippen molar-refractivity contribution in [2.24, 2.45) is 23.2 Å². The summed E-state index contributed by atoms with van der Waals surface area (Å²) >= 11 is 0. The van der Waals surface area contributed by atoms with Gasteiger partial charge in [0.25, 0.3) is 0 Å². The Hall–Kier alpha value is -2.63. The van der Waals surface area contributed by atoms with Gasteiger partial charge >= 0.3 is 0 Å². The number of rotatable bonds is 4. The van der Waals surface area contributed by atoms with Crippen LogP contribution in [0.4, 0.5) is 0 Å². The molecule has 2 aromatic rings. The second kappa shape index (κ2) is 7.21. The summed E-state index contributed by atoms with van der Waals surface area (Å²) in [6, 6.07) is 4.03. The van der Waals surface area contributed by atoms with Gasteiger partial charge in [-0.2, -0.15) is 0 Å². The average Bonchev–Trinajstić information content (AvgIpc) is 3.20. The van der Waals surface area contributed by atoms with E-state index in [4.69, 9.17) is 0 Å². The Balaban J connectivity index is 1.07. The van der Waals surface area contributed by atoms with Crippen LogP contribution in [0.15, 0.2) is 30.6 Å². The molecule has 4 aliphatic carbocycles. The molecule has 0 unspecified atom stereocenters. The lowest BCUT2D eigenvalue weighted by atomic mass is 9.49. The summed E-state index contributed by atoms with van der Waals surface area (Å²) in [6.07, 6.45) is 13.8. The van der Waals surface area contributed by atoms with Crippen molar-refractivity contribution in [3.63, 3.8) is 0 Å². The third-order valence-electron chi connectivity index (χ3n) is 8.28. The highest BCUT2D eigenvalue weighted by atomic mass is 16.2. The Bertz CT molecular complexity index is 1030. The van der Waals surface area contributed by atoms with Crippen LogP contribution < -0.4 is 5.32 Å². The van der Waals surface area contributed by atoms with E-state index in [1.165, 1.54) is 30.4 Å². The molecule has 0 saturated heterocycles. The third-order valence-corrected chi connectivity index (χ3v) is 8.28. The molecule has 5 aliphatic rings. The van der Waals surface area contributed by atoms with Gasteiger partial charge in [-0.1, -0.05) is 6.08 Å². The molecule has 6 nitrogen and oxygen atoms in total. The highest BCUT2D eigenvalue weighted by Crippen LogP contribution is 2.60. The molecular weight excluding hydrogens is 388 g/mol. The van der Waals surface area contributed by atoms with E-state index in [1.54, 1.807) is 6.20 Å². The lowest BCUT2D eigenvalue weighted by molar-refractivity contribution is -0.148. The van der Waals surface area contributed by atoms with E-state index < -0.39 is 0 Å². The first-order valence-corrected chi connectivity index (χ1v) is 11.8. The van der Waals surface area contributed by atoms with E-state index in [1.807, 2.05) is 17.2 Å². The van der Waals surface area contributed by atoms with Gasteiger partial charge in [0.2, 0.25) is 11.8 Å². The van der Waals surface area contributed by atoms with Crippen molar-refractivity contribution in [1.29, 1.82) is 0 Å². The number of nitrogens with zero attached hydrogens (tertiary/aromatic N) is 2. The van der Waals surface area contributed by atoms with Crippen molar-refractivity contribution in [3.05, 3.63) is 36.2 Å². The van der Waals surface area contributed by atoms with Crippen molar-refractivity contribution in [1.82, 2.24) is 20.2 Å². The zero-order chi connectivity index (χ0) is 21.0. The predicted molar refractivity (Wildman–Crippen MR) is 119 cm³/mol. The number of amides is 2. The van der Waals surface area contributed by atoms with E-state index >= 15 is 0 Å². The van der Waals surface area contributed by atoms with E-state index in [-0.39, 0.29) is 23.8 Å². The average molecular weight is 419 g/mol. The zero-order valence-electron chi connectivity index (χ0n) is 17.9. The molecule has 0 atom stereocenters. The van der Waals surface area contributed by atoms with Gasteiger partial charge in [0, 0.05) is 41.8 Å². The van der Waals surface area contributed by atoms with Gasteiger partial charge < -0.3 is 15.2 Å². The fourth-order valence-electron chi connectivity index (χ4n) is 7.21. The smallest absolute Gasteiger partial charge is 0.242 e. The molecule has 31 heavy (non-hydrogen) atoms. The first-order valence-electron chi connectivity index (χ1n) is 11.8. The van der Waals surface area contributed by atoms with Crippen molar-refractivity contribution in [3.8, 4) is 0 Å². The standard InChI is InChI=1S/C25H30N4O2/c30-22(15-28-24(31)25-11-16-8-17(12-25)10-18(9-16)13-25)29-6-3-19(4-7-29)21-14-27-23-20(21)2-1-5-26-23/h1-3,5,14,16-18H,4,6-13,15H2,(H,26,27)(H,28,31). The monoisotopic (exact) mass is 418 g/mol. The van der Waals surface area contributed by atoms with E-state index in [9.17, 15) is 9.59 Å². The van der Waals surface area contributed by atoms with Crippen LogP contribution in [-0.2, 0) is 9.59 Å². The van der Waals surface area contributed by atoms with Crippen molar-refractivity contribution < 1.29 is 9.59 Å². The number of hydrogen-bond acceptors (Lipinski definition) is 3. The maximum atomic E-state index is 13.1. The van der Waals surface area contributed by atoms with Crippen LogP contribution in [0, 0.1) is 23.2 Å². The Morgan fingerprint density at radius 2 is 1.90 bits per heavy atom. The minimum atomic E-state index is -0.187. The molecule has 3 heterocycles. The maximum absolute atomic E-state index is 13.1. The highest BCUT2D eigenvalue weighted by molar-refractivity contribution is 5.92. The number of fused-ring (bicyclic) bond motifs is 1. The lowest BCUT2D eigenvalue weighted by Crippen LogP contribution is -2.54. The third kappa shape index (κ3) is 3.27. The lowest BCUT2D eigenvalue weighted by Gasteiger charge is -2.55. The number of aromatic nitrogens is 2. The minimum absolute atomic E-state index is 0.0222. The van der Waals surface area contributed by atoms with Gasteiger partial charge in [-0.25, -0.2) is 4.98 Å². The number of aromatic amines is 1. The highest BCUT2D eigenvalue weighted by Gasteiger charge is 2.54. The molecule has 4 saturated carbocycles. The number of pyridine rings is 1. The van der Waals surface area contributed by atoms with Crippen LogP contribution in [0.25, 0.3) is 16.6 Å². The minimum Gasteiger partial charge on any atom is -0.347 e. The first kappa shape index (κ1) is 19.1. The summed E-state index contributed by atoms with van der Waals surface area (Å²) in [7, 11) is 0. The maximum Gasteiger partial charge on any atom is 0.242 e. The number of hydrogen-bond donors (Lipinski definition) is 2. The second-order valence-electron chi connectivity index (χ2n) is 10.3. The number of nitrogens with one attached hydrogen (secondary N) is 2. The molecule has 2 amide bonds. The number of carbonyl (C=O) groups excluding carboxylic acids is 2. The van der Waals surface area contributed by atoms with Crippen LogP contribution in [0.5, 0.6) is 0 Å². The molecule has 1 aliphatic heterocycles.